The van der Waals surface area contributed by atoms with Crippen molar-refractivity contribution < 1.29 is 9.21 Å². The number of benzene rings is 1. The van der Waals surface area contributed by atoms with Crippen LogP contribution in [0.4, 0.5) is 11.4 Å². The highest BCUT2D eigenvalue weighted by molar-refractivity contribution is 5.90. The Morgan fingerprint density at radius 1 is 1.14 bits per heavy atom. The van der Waals surface area contributed by atoms with E-state index in [9.17, 15) is 4.79 Å². The van der Waals surface area contributed by atoms with Crippen LogP contribution in [0.15, 0.2) is 34.7 Å². The molecule has 1 amide bonds. The first-order chi connectivity index (χ1) is 14.1. The Bertz CT molecular complexity index is 969. The highest BCUT2D eigenvalue weighted by Gasteiger charge is 2.15. The third-order valence-electron chi connectivity index (χ3n) is 5.13. The number of aryl methyl sites for hydroxylation is 3. The second kappa shape index (κ2) is 8.46. The van der Waals surface area contributed by atoms with Crippen LogP contribution in [0.25, 0.3) is 11.6 Å². The summed E-state index contributed by atoms with van der Waals surface area (Å²) in [7, 11) is 1.83. The van der Waals surface area contributed by atoms with E-state index in [1.54, 1.807) is 4.68 Å². The van der Waals surface area contributed by atoms with Gasteiger partial charge in [-0.05, 0) is 56.5 Å². The minimum Gasteiger partial charge on any atom is -0.419 e. The van der Waals surface area contributed by atoms with Crippen molar-refractivity contribution in [3.8, 4) is 11.6 Å². The Morgan fingerprint density at radius 3 is 2.59 bits per heavy atom. The predicted octanol–water partition coefficient (Wildman–Crippen LogP) is 3.34. The average molecular weight is 394 g/mol. The summed E-state index contributed by atoms with van der Waals surface area (Å²) in [4.78, 5) is 14.7. The third kappa shape index (κ3) is 4.64. The fourth-order valence-electron chi connectivity index (χ4n) is 3.62. The summed E-state index contributed by atoms with van der Waals surface area (Å²) < 4.78 is 7.38. The Hall–Kier alpha value is -3.16. The van der Waals surface area contributed by atoms with Gasteiger partial charge in [0.15, 0.2) is 0 Å². The Morgan fingerprint density at radius 2 is 1.90 bits per heavy atom. The van der Waals surface area contributed by atoms with Gasteiger partial charge in [-0.15, -0.1) is 10.2 Å². The molecule has 29 heavy (non-hydrogen) atoms. The second-order valence-corrected chi connectivity index (χ2v) is 7.44. The third-order valence-corrected chi connectivity index (χ3v) is 5.13. The van der Waals surface area contributed by atoms with Crippen LogP contribution in [0, 0.1) is 6.92 Å². The van der Waals surface area contributed by atoms with Crippen LogP contribution in [0.2, 0.25) is 0 Å². The van der Waals surface area contributed by atoms with E-state index in [0.29, 0.717) is 18.2 Å². The number of aromatic nitrogens is 4. The number of carbonyl (C=O) groups is 1. The lowest BCUT2D eigenvalue weighted by molar-refractivity contribution is -0.116. The van der Waals surface area contributed by atoms with E-state index < -0.39 is 0 Å². The van der Waals surface area contributed by atoms with Gasteiger partial charge in [0.2, 0.25) is 11.8 Å². The molecule has 8 heteroatoms. The number of hydrogen-bond acceptors (Lipinski definition) is 6. The summed E-state index contributed by atoms with van der Waals surface area (Å²) in [5.74, 6) is 0.776. The Kier molecular flexibility index (Phi) is 5.59. The summed E-state index contributed by atoms with van der Waals surface area (Å²) in [6, 6.07) is 9.94. The van der Waals surface area contributed by atoms with Crippen molar-refractivity contribution in [1.29, 1.82) is 0 Å². The standard InChI is InChI=1S/C21H26N6O2/c1-15-14-18(26(2)25-15)21-24-23-20(29-21)11-10-19(28)22-16-6-8-17(9-7-16)27-12-4-3-5-13-27/h6-9,14H,3-5,10-13H2,1-2H3,(H,22,28). The first-order valence-corrected chi connectivity index (χ1v) is 10.1. The molecule has 0 aliphatic carbocycles. The van der Waals surface area contributed by atoms with E-state index in [1.165, 1.54) is 24.9 Å². The first kappa shape index (κ1) is 19.2. The number of rotatable bonds is 6. The molecule has 1 saturated heterocycles. The summed E-state index contributed by atoms with van der Waals surface area (Å²) in [5.41, 5.74) is 3.66. The van der Waals surface area contributed by atoms with E-state index in [2.05, 4.69) is 37.6 Å². The summed E-state index contributed by atoms with van der Waals surface area (Å²) >= 11 is 0. The molecule has 1 aromatic carbocycles. The van der Waals surface area contributed by atoms with Gasteiger partial charge in [0, 0.05) is 44.4 Å². The number of carbonyl (C=O) groups excluding carboxylic acids is 1. The molecule has 0 bridgehead atoms. The predicted molar refractivity (Wildman–Crippen MR) is 111 cm³/mol. The number of anilines is 2. The van der Waals surface area contributed by atoms with E-state index in [-0.39, 0.29) is 12.3 Å². The van der Waals surface area contributed by atoms with Crippen LogP contribution in [-0.4, -0.2) is 39.0 Å². The average Bonchev–Trinajstić information content (AvgIpc) is 3.33. The van der Waals surface area contributed by atoms with Crippen molar-refractivity contribution in [1.82, 2.24) is 20.0 Å². The molecule has 0 atom stereocenters. The number of nitrogens with zero attached hydrogens (tertiary/aromatic N) is 5. The maximum absolute atomic E-state index is 12.3. The number of nitrogens with one attached hydrogen (secondary N) is 1. The highest BCUT2D eigenvalue weighted by Crippen LogP contribution is 2.22. The zero-order chi connectivity index (χ0) is 20.2. The van der Waals surface area contributed by atoms with Gasteiger partial charge in [-0.25, -0.2) is 0 Å². The molecule has 3 heterocycles. The van der Waals surface area contributed by atoms with E-state index in [1.807, 2.05) is 32.2 Å². The Balaban J connectivity index is 1.29. The van der Waals surface area contributed by atoms with Gasteiger partial charge in [0.05, 0.1) is 5.69 Å². The SMILES string of the molecule is Cc1cc(-c2nnc(CCC(=O)Nc3ccc(N4CCCCC4)cc3)o2)n(C)n1. The van der Waals surface area contributed by atoms with Gasteiger partial charge in [0.1, 0.15) is 5.69 Å². The maximum atomic E-state index is 12.3. The molecule has 0 spiro atoms. The van der Waals surface area contributed by atoms with Crippen molar-refractivity contribution in [2.24, 2.45) is 7.05 Å². The molecule has 1 aliphatic heterocycles. The summed E-state index contributed by atoms with van der Waals surface area (Å²) in [5, 5.41) is 15.3. The molecule has 1 aliphatic rings. The van der Waals surface area contributed by atoms with Crippen molar-refractivity contribution in [3.63, 3.8) is 0 Å². The lowest BCUT2D eigenvalue weighted by atomic mass is 10.1. The summed E-state index contributed by atoms with van der Waals surface area (Å²) in [6.45, 7) is 4.12. The fourth-order valence-corrected chi connectivity index (χ4v) is 3.62. The number of piperidine rings is 1. The molecule has 8 nitrogen and oxygen atoms in total. The van der Waals surface area contributed by atoms with Gasteiger partial charge >= 0.3 is 0 Å². The van der Waals surface area contributed by atoms with Crippen LogP contribution in [0.3, 0.4) is 0 Å². The molecule has 152 valence electrons. The molecule has 0 radical (unpaired) electrons. The molecule has 4 rings (SSSR count). The monoisotopic (exact) mass is 394 g/mol. The molecule has 1 N–H and O–H groups in total. The molecular formula is C21H26N6O2. The van der Waals surface area contributed by atoms with Gasteiger partial charge in [-0.1, -0.05) is 0 Å². The van der Waals surface area contributed by atoms with E-state index in [0.717, 1.165) is 30.2 Å². The van der Waals surface area contributed by atoms with Crippen molar-refractivity contribution in [3.05, 3.63) is 41.9 Å². The van der Waals surface area contributed by atoms with Gasteiger partial charge in [-0.2, -0.15) is 5.10 Å². The number of amides is 1. The summed E-state index contributed by atoms with van der Waals surface area (Å²) in [6.07, 6.45) is 4.47. The largest absolute Gasteiger partial charge is 0.419 e. The highest BCUT2D eigenvalue weighted by atomic mass is 16.4. The van der Waals surface area contributed by atoms with E-state index >= 15 is 0 Å². The first-order valence-electron chi connectivity index (χ1n) is 10.1. The fraction of sp³-hybridized carbons (Fsp3) is 0.429. The molecule has 2 aromatic heterocycles. The molecule has 1 fully saturated rings. The molecule has 0 saturated carbocycles. The zero-order valence-corrected chi connectivity index (χ0v) is 16.9. The molecule has 3 aromatic rings. The minimum absolute atomic E-state index is 0.0770. The van der Waals surface area contributed by atoms with Gasteiger partial charge in [0.25, 0.3) is 5.89 Å². The van der Waals surface area contributed by atoms with Crippen LogP contribution < -0.4 is 10.2 Å². The minimum atomic E-state index is -0.0770. The zero-order valence-electron chi connectivity index (χ0n) is 16.9. The maximum Gasteiger partial charge on any atom is 0.265 e. The Labute approximate surface area is 169 Å². The van der Waals surface area contributed by atoms with Crippen LogP contribution in [-0.2, 0) is 18.3 Å². The second-order valence-electron chi connectivity index (χ2n) is 7.44. The van der Waals surface area contributed by atoms with Crippen molar-refractivity contribution in [2.45, 2.75) is 39.0 Å². The normalized spacial score (nSPS) is 14.2. The van der Waals surface area contributed by atoms with E-state index in [4.69, 9.17) is 4.42 Å². The van der Waals surface area contributed by atoms with Crippen molar-refractivity contribution >= 4 is 17.3 Å². The lowest BCUT2D eigenvalue weighted by Gasteiger charge is -2.28. The van der Waals surface area contributed by atoms with Gasteiger partial charge < -0.3 is 14.6 Å². The van der Waals surface area contributed by atoms with Crippen LogP contribution >= 0.6 is 0 Å². The van der Waals surface area contributed by atoms with Gasteiger partial charge in [-0.3, -0.25) is 9.48 Å². The van der Waals surface area contributed by atoms with Crippen LogP contribution in [0.5, 0.6) is 0 Å². The number of hydrogen-bond donors (Lipinski definition) is 1. The van der Waals surface area contributed by atoms with Crippen molar-refractivity contribution in [2.75, 3.05) is 23.3 Å². The molecular weight excluding hydrogens is 368 g/mol. The topological polar surface area (TPSA) is 89.1 Å². The quantitative estimate of drug-likeness (QED) is 0.690. The smallest absolute Gasteiger partial charge is 0.265 e. The molecule has 0 unspecified atom stereocenters. The van der Waals surface area contributed by atoms with Crippen LogP contribution in [0.1, 0.15) is 37.3 Å². The lowest BCUT2D eigenvalue weighted by Crippen LogP contribution is -2.29.